The van der Waals surface area contributed by atoms with Crippen molar-refractivity contribution >= 4 is 41.8 Å². The number of methoxy groups -OCH3 is 1. The number of carbonyl (C=O) groups excluding carboxylic acids is 2. The van der Waals surface area contributed by atoms with Crippen LogP contribution in [0, 0.1) is 0 Å². The third-order valence-corrected chi connectivity index (χ3v) is 3.22. The molecule has 1 aromatic rings. The van der Waals surface area contributed by atoms with Gasteiger partial charge in [-0.2, -0.15) is 0 Å². The Labute approximate surface area is 171 Å². The van der Waals surface area contributed by atoms with Crippen molar-refractivity contribution in [1.29, 1.82) is 0 Å². The lowest BCUT2D eigenvalue weighted by Gasteiger charge is -2.11. The largest absolute Gasteiger partial charge is 0.385 e. The van der Waals surface area contributed by atoms with Gasteiger partial charge in [-0.25, -0.2) is 4.99 Å². The Morgan fingerprint density at radius 2 is 1.85 bits per heavy atom. The van der Waals surface area contributed by atoms with E-state index in [0.717, 1.165) is 31.0 Å². The molecule has 0 bridgehead atoms. The van der Waals surface area contributed by atoms with Crippen LogP contribution in [0.2, 0.25) is 0 Å². The predicted octanol–water partition coefficient (Wildman–Crippen LogP) is 0.611. The molecule has 0 aliphatic rings. The van der Waals surface area contributed by atoms with Crippen molar-refractivity contribution < 1.29 is 14.3 Å². The minimum absolute atomic E-state index is 0. The summed E-state index contributed by atoms with van der Waals surface area (Å²) in [7, 11) is 1.68. The SMILES string of the molecule is CCNC(=NCc1ccc(C(=O)NCC(N)=O)cc1)NCCCOC.I. The number of hydrogen-bond acceptors (Lipinski definition) is 4. The van der Waals surface area contributed by atoms with Crippen LogP contribution >= 0.6 is 24.0 Å². The van der Waals surface area contributed by atoms with E-state index in [9.17, 15) is 9.59 Å². The molecule has 0 fully saturated rings. The Kier molecular flexibility index (Phi) is 13.3. The van der Waals surface area contributed by atoms with Gasteiger partial charge in [0.05, 0.1) is 13.1 Å². The van der Waals surface area contributed by atoms with Gasteiger partial charge in [0.25, 0.3) is 5.91 Å². The van der Waals surface area contributed by atoms with Crippen molar-refractivity contribution in [3.63, 3.8) is 0 Å². The van der Waals surface area contributed by atoms with Gasteiger partial charge in [-0.3, -0.25) is 9.59 Å². The molecule has 146 valence electrons. The van der Waals surface area contributed by atoms with E-state index in [1.807, 2.05) is 19.1 Å². The minimum atomic E-state index is -0.576. The van der Waals surface area contributed by atoms with Crippen LogP contribution in [0.1, 0.15) is 29.3 Å². The van der Waals surface area contributed by atoms with Crippen LogP contribution < -0.4 is 21.7 Å². The number of ether oxygens (including phenoxy) is 1. The van der Waals surface area contributed by atoms with Crippen LogP contribution in [0.3, 0.4) is 0 Å². The summed E-state index contributed by atoms with van der Waals surface area (Å²) < 4.78 is 5.02. The summed E-state index contributed by atoms with van der Waals surface area (Å²) in [6.07, 6.45) is 0.899. The van der Waals surface area contributed by atoms with Crippen molar-refractivity contribution in [3.05, 3.63) is 35.4 Å². The average molecular weight is 477 g/mol. The zero-order valence-electron chi connectivity index (χ0n) is 15.2. The molecule has 9 heteroatoms. The fraction of sp³-hybridized carbons (Fsp3) is 0.471. The minimum Gasteiger partial charge on any atom is -0.385 e. The summed E-state index contributed by atoms with van der Waals surface area (Å²) in [5, 5.41) is 8.86. The number of hydrogen-bond donors (Lipinski definition) is 4. The fourth-order valence-corrected chi connectivity index (χ4v) is 1.97. The molecular weight excluding hydrogens is 449 g/mol. The number of amides is 2. The first-order valence-corrected chi connectivity index (χ1v) is 8.23. The van der Waals surface area contributed by atoms with Crippen molar-refractivity contribution in [2.24, 2.45) is 10.7 Å². The van der Waals surface area contributed by atoms with Crippen LogP contribution in [0.25, 0.3) is 0 Å². The average Bonchev–Trinajstić information content (AvgIpc) is 2.61. The van der Waals surface area contributed by atoms with Crippen molar-refractivity contribution in [2.45, 2.75) is 19.9 Å². The second-order valence-electron chi connectivity index (χ2n) is 5.31. The van der Waals surface area contributed by atoms with Crippen LogP contribution in [0.15, 0.2) is 29.3 Å². The van der Waals surface area contributed by atoms with Gasteiger partial charge in [-0.15, -0.1) is 24.0 Å². The second-order valence-corrected chi connectivity index (χ2v) is 5.31. The van der Waals surface area contributed by atoms with Gasteiger partial charge in [-0.1, -0.05) is 12.1 Å². The van der Waals surface area contributed by atoms with Crippen molar-refractivity contribution in [2.75, 3.05) is 33.4 Å². The van der Waals surface area contributed by atoms with Crippen LogP contribution in [0.5, 0.6) is 0 Å². The van der Waals surface area contributed by atoms with Crippen molar-refractivity contribution in [1.82, 2.24) is 16.0 Å². The first-order valence-electron chi connectivity index (χ1n) is 8.23. The highest BCUT2D eigenvalue weighted by molar-refractivity contribution is 14.0. The smallest absolute Gasteiger partial charge is 0.251 e. The van der Waals surface area contributed by atoms with E-state index in [2.05, 4.69) is 20.9 Å². The first-order chi connectivity index (χ1) is 12.1. The molecule has 0 unspecified atom stereocenters. The summed E-state index contributed by atoms with van der Waals surface area (Å²) in [5.41, 5.74) is 6.44. The highest BCUT2D eigenvalue weighted by Gasteiger charge is 2.06. The van der Waals surface area contributed by atoms with E-state index in [0.29, 0.717) is 18.7 Å². The van der Waals surface area contributed by atoms with Gasteiger partial charge >= 0.3 is 0 Å². The van der Waals surface area contributed by atoms with Crippen LogP contribution in [-0.4, -0.2) is 51.1 Å². The lowest BCUT2D eigenvalue weighted by molar-refractivity contribution is -0.117. The van der Waals surface area contributed by atoms with Gasteiger partial charge in [-0.05, 0) is 31.0 Å². The van der Waals surface area contributed by atoms with E-state index in [-0.39, 0.29) is 36.4 Å². The zero-order valence-corrected chi connectivity index (χ0v) is 17.5. The van der Waals surface area contributed by atoms with Crippen molar-refractivity contribution in [3.8, 4) is 0 Å². The zero-order chi connectivity index (χ0) is 18.5. The molecule has 0 radical (unpaired) electrons. The monoisotopic (exact) mass is 477 g/mol. The lowest BCUT2D eigenvalue weighted by Crippen LogP contribution is -2.38. The maximum absolute atomic E-state index is 11.8. The van der Waals surface area contributed by atoms with Gasteiger partial charge in [0.15, 0.2) is 5.96 Å². The van der Waals surface area contributed by atoms with Crippen LogP contribution in [-0.2, 0) is 16.1 Å². The molecule has 5 N–H and O–H groups in total. The molecule has 0 atom stereocenters. The van der Waals surface area contributed by atoms with Gasteiger partial charge in [0, 0.05) is 32.4 Å². The van der Waals surface area contributed by atoms with E-state index in [1.165, 1.54) is 0 Å². The summed E-state index contributed by atoms with van der Waals surface area (Å²) in [5.74, 6) is -0.169. The third kappa shape index (κ3) is 10.2. The number of halogens is 1. The summed E-state index contributed by atoms with van der Waals surface area (Å²) in [6, 6.07) is 7.05. The topological polar surface area (TPSA) is 118 Å². The standard InChI is InChI=1S/C17H27N5O3.HI/c1-3-19-17(20-9-4-10-25-2)22-11-13-5-7-14(8-6-13)16(24)21-12-15(18)23;/h5-8H,3-4,9-12H2,1-2H3,(H2,18,23)(H,21,24)(H2,19,20,22);1H. The highest BCUT2D eigenvalue weighted by Crippen LogP contribution is 2.05. The molecule has 0 aliphatic carbocycles. The number of rotatable bonds is 10. The van der Waals surface area contributed by atoms with E-state index in [4.69, 9.17) is 10.5 Å². The number of nitrogens with one attached hydrogen (secondary N) is 3. The number of primary amides is 1. The quantitative estimate of drug-likeness (QED) is 0.171. The lowest BCUT2D eigenvalue weighted by atomic mass is 10.1. The van der Waals surface area contributed by atoms with Gasteiger partial charge in [0.1, 0.15) is 0 Å². The normalized spacial score (nSPS) is 10.6. The van der Waals surface area contributed by atoms with E-state index >= 15 is 0 Å². The molecule has 8 nitrogen and oxygen atoms in total. The number of nitrogens with zero attached hydrogens (tertiary/aromatic N) is 1. The number of aliphatic imine (C=N–C) groups is 1. The number of nitrogens with two attached hydrogens (primary N) is 1. The molecule has 26 heavy (non-hydrogen) atoms. The molecule has 0 saturated carbocycles. The number of carbonyl (C=O) groups is 2. The third-order valence-electron chi connectivity index (χ3n) is 3.22. The second kappa shape index (κ2) is 14.3. The highest BCUT2D eigenvalue weighted by atomic mass is 127. The Morgan fingerprint density at radius 3 is 2.42 bits per heavy atom. The van der Waals surface area contributed by atoms with Gasteiger partial charge < -0.3 is 26.4 Å². The van der Waals surface area contributed by atoms with Crippen LogP contribution in [0.4, 0.5) is 0 Å². The fourth-order valence-electron chi connectivity index (χ4n) is 1.97. The van der Waals surface area contributed by atoms with E-state index < -0.39 is 5.91 Å². The maximum Gasteiger partial charge on any atom is 0.251 e. The maximum atomic E-state index is 11.8. The molecule has 0 aliphatic heterocycles. The first kappa shape index (κ1) is 24.1. The molecule has 0 spiro atoms. The number of benzene rings is 1. The molecule has 1 aromatic carbocycles. The van der Waals surface area contributed by atoms with E-state index in [1.54, 1.807) is 19.2 Å². The molecule has 0 aromatic heterocycles. The Hall–Kier alpha value is -1.88. The summed E-state index contributed by atoms with van der Waals surface area (Å²) in [4.78, 5) is 27.0. The molecule has 0 heterocycles. The Balaban J connectivity index is 0.00000625. The molecule has 1 rings (SSSR count). The number of guanidine groups is 1. The molecular formula is C17H28IN5O3. The van der Waals surface area contributed by atoms with Gasteiger partial charge in [0.2, 0.25) is 5.91 Å². The molecule has 2 amide bonds. The Morgan fingerprint density at radius 1 is 1.15 bits per heavy atom. The Bertz CT molecular complexity index is 578. The summed E-state index contributed by atoms with van der Waals surface area (Å²) >= 11 is 0. The predicted molar refractivity (Wildman–Crippen MR) is 113 cm³/mol. The summed E-state index contributed by atoms with van der Waals surface area (Å²) in [6.45, 7) is 4.57. The molecule has 0 saturated heterocycles.